The van der Waals surface area contributed by atoms with Gasteiger partial charge in [-0.1, -0.05) is 6.92 Å². The second-order valence-electron chi connectivity index (χ2n) is 7.42. The van der Waals surface area contributed by atoms with E-state index in [4.69, 9.17) is 14.2 Å². The van der Waals surface area contributed by atoms with E-state index in [0.29, 0.717) is 28.7 Å². The van der Waals surface area contributed by atoms with E-state index in [9.17, 15) is 18.5 Å². The van der Waals surface area contributed by atoms with E-state index >= 15 is 0 Å². The van der Waals surface area contributed by atoms with Crippen LogP contribution in [0.4, 0.5) is 0 Å². The van der Waals surface area contributed by atoms with Gasteiger partial charge in [0.2, 0.25) is 21.7 Å². The molecule has 1 saturated carbocycles. The number of benzene rings is 1. The van der Waals surface area contributed by atoms with Crippen molar-refractivity contribution in [3.8, 4) is 23.3 Å². The Morgan fingerprint density at radius 2 is 1.70 bits per heavy atom. The third-order valence-electron chi connectivity index (χ3n) is 5.14. The van der Waals surface area contributed by atoms with Crippen molar-refractivity contribution in [1.29, 1.82) is 5.26 Å². The zero-order chi connectivity index (χ0) is 22.3. The van der Waals surface area contributed by atoms with Crippen molar-refractivity contribution in [1.82, 2.24) is 10.0 Å². The largest absolute Gasteiger partial charge is 0.493 e. The molecule has 1 aliphatic rings. The Labute approximate surface area is 177 Å². The summed E-state index contributed by atoms with van der Waals surface area (Å²) in [4.78, 5) is 12.4. The minimum absolute atomic E-state index is 0.152. The highest BCUT2D eigenvalue weighted by Crippen LogP contribution is 2.39. The van der Waals surface area contributed by atoms with E-state index in [1.54, 1.807) is 0 Å². The van der Waals surface area contributed by atoms with Crippen LogP contribution in [0.5, 0.6) is 17.2 Å². The number of nitrogens with zero attached hydrogens (tertiary/aromatic N) is 1. The highest BCUT2D eigenvalue weighted by atomic mass is 32.2. The molecule has 0 aliphatic heterocycles. The number of methoxy groups -OCH3 is 3. The first kappa shape index (κ1) is 23.8. The maximum Gasteiger partial charge on any atom is 0.237 e. The summed E-state index contributed by atoms with van der Waals surface area (Å²) in [6, 6.07) is 3.79. The number of carbonyl (C=O) groups is 1. The fourth-order valence-electron chi connectivity index (χ4n) is 3.51. The number of nitriles is 1. The first-order valence-corrected chi connectivity index (χ1v) is 11.4. The molecule has 166 valence electrons. The smallest absolute Gasteiger partial charge is 0.237 e. The lowest BCUT2D eigenvalue weighted by atomic mass is 9.88. The SMILES string of the molecule is COc1cc(C(C#N)NC(=O)CS(=O)(=O)NC2CCC(C)CC2)cc(OC)c1OC. The van der Waals surface area contributed by atoms with Crippen LogP contribution in [-0.2, 0) is 14.8 Å². The van der Waals surface area contributed by atoms with Crippen LogP contribution in [0, 0.1) is 17.2 Å². The van der Waals surface area contributed by atoms with Crippen LogP contribution in [0.15, 0.2) is 12.1 Å². The predicted molar refractivity (Wildman–Crippen MR) is 111 cm³/mol. The number of rotatable bonds is 9. The number of hydrogen-bond acceptors (Lipinski definition) is 7. The maximum atomic E-state index is 12.4. The predicted octanol–water partition coefficient (Wildman–Crippen LogP) is 1.89. The molecule has 1 aromatic carbocycles. The summed E-state index contributed by atoms with van der Waals surface area (Å²) < 4.78 is 43.1. The molecule has 1 aromatic rings. The third-order valence-corrected chi connectivity index (χ3v) is 6.47. The molecule has 0 radical (unpaired) electrons. The molecule has 0 heterocycles. The van der Waals surface area contributed by atoms with E-state index in [-0.39, 0.29) is 6.04 Å². The lowest BCUT2D eigenvalue weighted by molar-refractivity contribution is -0.119. The van der Waals surface area contributed by atoms with E-state index in [1.165, 1.54) is 33.5 Å². The van der Waals surface area contributed by atoms with E-state index in [2.05, 4.69) is 17.0 Å². The molecule has 0 spiro atoms. The third kappa shape index (κ3) is 6.24. The number of hydrogen-bond donors (Lipinski definition) is 2. The molecule has 1 aliphatic carbocycles. The van der Waals surface area contributed by atoms with Gasteiger partial charge in [-0.25, -0.2) is 13.1 Å². The summed E-state index contributed by atoms with van der Waals surface area (Å²) in [6.07, 6.45) is 3.43. The molecule has 2 N–H and O–H groups in total. The van der Waals surface area contributed by atoms with Crippen LogP contribution < -0.4 is 24.2 Å². The molecule has 1 unspecified atom stereocenters. The van der Waals surface area contributed by atoms with Crippen molar-refractivity contribution in [3.63, 3.8) is 0 Å². The molecule has 30 heavy (non-hydrogen) atoms. The van der Waals surface area contributed by atoms with Gasteiger partial charge in [-0.3, -0.25) is 4.79 Å². The van der Waals surface area contributed by atoms with Crippen molar-refractivity contribution in [2.24, 2.45) is 5.92 Å². The maximum absolute atomic E-state index is 12.4. The minimum Gasteiger partial charge on any atom is -0.493 e. The van der Waals surface area contributed by atoms with Crippen molar-refractivity contribution in [2.75, 3.05) is 27.1 Å². The normalized spacial score (nSPS) is 20.0. The van der Waals surface area contributed by atoms with Gasteiger partial charge in [-0.15, -0.1) is 0 Å². The Morgan fingerprint density at radius 1 is 1.13 bits per heavy atom. The fourth-order valence-corrected chi connectivity index (χ4v) is 4.76. The van der Waals surface area contributed by atoms with Crippen LogP contribution in [0.1, 0.15) is 44.2 Å². The summed E-state index contributed by atoms with van der Waals surface area (Å²) in [7, 11) is 0.513. The fraction of sp³-hybridized carbons (Fsp3) is 0.600. The van der Waals surface area contributed by atoms with Gasteiger partial charge in [-0.2, -0.15) is 5.26 Å². The van der Waals surface area contributed by atoms with Gasteiger partial charge in [-0.05, 0) is 49.3 Å². The Hall–Kier alpha value is -2.51. The number of sulfonamides is 1. The zero-order valence-electron chi connectivity index (χ0n) is 17.7. The van der Waals surface area contributed by atoms with E-state index in [0.717, 1.165) is 25.7 Å². The Balaban J connectivity index is 2.08. The van der Waals surface area contributed by atoms with Crippen LogP contribution in [0.3, 0.4) is 0 Å². The van der Waals surface area contributed by atoms with Gasteiger partial charge >= 0.3 is 0 Å². The number of amides is 1. The highest BCUT2D eigenvalue weighted by Gasteiger charge is 2.26. The Kier molecular flexibility index (Phi) is 8.32. The lowest BCUT2D eigenvalue weighted by Gasteiger charge is -2.26. The average molecular weight is 440 g/mol. The van der Waals surface area contributed by atoms with Gasteiger partial charge in [0.25, 0.3) is 0 Å². The van der Waals surface area contributed by atoms with Gasteiger partial charge in [0.1, 0.15) is 11.8 Å². The molecule has 1 atom stereocenters. The standard InChI is InChI=1S/C20H29N3O6S/c1-13-5-7-15(8-6-13)23-30(25,26)12-19(24)22-16(11-21)14-9-17(27-2)20(29-4)18(10-14)28-3/h9-10,13,15-16,23H,5-8,12H2,1-4H3,(H,22,24). The van der Waals surface area contributed by atoms with Crippen molar-refractivity contribution in [3.05, 3.63) is 17.7 Å². The van der Waals surface area contributed by atoms with E-state index in [1.807, 2.05) is 6.07 Å². The van der Waals surface area contributed by atoms with Crippen LogP contribution >= 0.6 is 0 Å². The Morgan fingerprint density at radius 3 is 2.17 bits per heavy atom. The number of nitrogens with one attached hydrogen (secondary N) is 2. The summed E-state index contributed by atoms with van der Waals surface area (Å²) in [5.41, 5.74) is 0.381. The zero-order valence-corrected chi connectivity index (χ0v) is 18.5. The molecule has 10 heteroatoms. The molecule has 0 aromatic heterocycles. The summed E-state index contributed by atoms with van der Waals surface area (Å²) in [5, 5.41) is 12.0. The van der Waals surface area contributed by atoms with E-state index < -0.39 is 27.7 Å². The molecular formula is C20H29N3O6S. The Bertz CT molecular complexity index is 863. The molecule has 2 rings (SSSR count). The summed E-state index contributed by atoms with van der Waals surface area (Å²) in [6.45, 7) is 2.14. The summed E-state index contributed by atoms with van der Waals surface area (Å²) in [5.74, 6) is 0.0577. The minimum atomic E-state index is -3.81. The average Bonchev–Trinajstić information content (AvgIpc) is 2.71. The van der Waals surface area contributed by atoms with Crippen LogP contribution in [-0.4, -0.2) is 47.4 Å². The van der Waals surface area contributed by atoms with Gasteiger partial charge in [0, 0.05) is 6.04 Å². The second kappa shape index (κ2) is 10.5. The lowest BCUT2D eigenvalue weighted by Crippen LogP contribution is -2.43. The topological polar surface area (TPSA) is 127 Å². The second-order valence-corrected chi connectivity index (χ2v) is 9.18. The quantitative estimate of drug-likeness (QED) is 0.601. The van der Waals surface area contributed by atoms with Gasteiger partial charge < -0.3 is 19.5 Å². The first-order chi connectivity index (χ1) is 14.2. The van der Waals surface area contributed by atoms with Gasteiger partial charge in [0.15, 0.2) is 11.5 Å². The van der Waals surface area contributed by atoms with Crippen molar-refractivity contribution in [2.45, 2.75) is 44.7 Å². The van der Waals surface area contributed by atoms with Crippen molar-refractivity contribution >= 4 is 15.9 Å². The molecule has 1 amide bonds. The molecule has 0 saturated heterocycles. The van der Waals surface area contributed by atoms with Crippen LogP contribution in [0.2, 0.25) is 0 Å². The highest BCUT2D eigenvalue weighted by molar-refractivity contribution is 7.90. The van der Waals surface area contributed by atoms with Crippen LogP contribution in [0.25, 0.3) is 0 Å². The number of ether oxygens (including phenoxy) is 3. The molecule has 1 fully saturated rings. The van der Waals surface area contributed by atoms with Gasteiger partial charge in [0.05, 0.1) is 27.4 Å². The summed E-state index contributed by atoms with van der Waals surface area (Å²) >= 11 is 0. The molecule has 9 nitrogen and oxygen atoms in total. The molecular weight excluding hydrogens is 410 g/mol. The molecule has 0 bridgehead atoms. The number of carbonyl (C=O) groups excluding carboxylic acids is 1. The monoisotopic (exact) mass is 439 g/mol. The van der Waals surface area contributed by atoms with Crippen molar-refractivity contribution < 1.29 is 27.4 Å². The first-order valence-electron chi connectivity index (χ1n) is 9.71.